The van der Waals surface area contributed by atoms with Gasteiger partial charge in [0.2, 0.25) is 0 Å². The van der Waals surface area contributed by atoms with E-state index in [4.69, 9.17) is 4.98 Å². The van der Waals surface area contributed by atoms with E-state index in [-0.39, 0.29) is 0 Å². The Hall–Kier alpha value is -0.500. The summed E-state index contributed by atoms with van der Waals surface area (Å²) in [7, 11) is 0. The molecule has 1 aromatic rings. The van der Waals surface area contributed by atoms with Crippen LogP contribution in [0.5, 0.6) is 0 Å². The van der Waals surface area contributed by atoms with Gasteiger partial charge in [0.25, 0.3) is 0 Å². The van der Waals surface area contributed by atoms with Gasteiger partial charge in [0.1, 0.15) is 0 Å². The van der Waals surface area contributed by atoms with Crippen LogP contribution in [0, 0.1) is 0 Å². The summed E-state index contributed by atoms with van der Waals surface area (Å²) in [5, 5.41) is 1.22. The quantitative estimate of drug-likeness (QED) is 0.611. The van der Waals surface area contributed by atoms with E-state index in [0.29, 0.717) is 0 Å². The Morgan fingerprint density at radius 1 is 1.00 bits per heavy atom. The number of unbranched alkanes of at least 4 members (excludes halogenated alkanes) is 2. The lowest BCUT2D eigenvalue weighted by atomic mass is 10.1. The number of hydrogen-bond donors (Lipinski definition) is 0. The molecule has 0 spiro atoms. The minimum Gasteiger partial charge on any atom is -0.247 e. The van der Waals surface area contributed by atoms with Crippen molar-refractivity contribution in [2.75, 3.05) is 5.75 Å². The normalized spacial score (nSPS) is 10.8. The van der Waals surface area contributed by atoms with Crippen LogP contribution in [0.25, 0.3) is 0 Å². The Kier molecular flexibility index (Phi) is 7.34. The summed E-state index contributed by atoms with van der Waals surface area (Å²) < 4.78 is 0. The number of pyridine rings is 1. The molecule has 0 atom stereocenters. The van der Waals surface area contributed by atoms with Crippen LogP contribution in [-0.2, 0) is 12.8 Å². The van der Waals surface area contributed by atoms with Gasteiger partial charge in [0.15, 0.2) is 0 Å². The lowest BCUT2D eigenvalue weighted by Gasteiger charge is -2.07. The van der Waals surface area contributed by atoms with Gasteiger partial charge >= 0.3 is 0 Å². The Morgan fingerprint density at radius 3 is 2.35 bits per heavy atom. The van der Waals surface area contributed by atoms with Gasteiger partial charge < -0.3 is 0 Å². The van der Waals surface area contributed by atoms with Gasteiger partial charge in [-0.2, -0.15) is 0 Å². The van der Waals surface area contributed by atoms with E-state index in [1.807, 2.05) is 11.8 Å². The largest absolute Gasteiger partial charge is 0.247 e. The van der Waals surface area contributed by atoms with Crippen molar-refractivity contribution in [1.29, 1.82) is 0 Å². The third-order valence-corrected chi connectivity index (χ3v) is 3.61. The van der Waals surface area contributed by atoms with E-state index in [0.717, 1.165) is 12.2 Å². The predicted octanol–water partition coefficient (Wildman–Crippen LogP) is 4.88. The fourth-order valence-corrected chi connectivity index (χ4v) is 2.57. The van der Waals surface area contributed by atoms with Crippen molar-refractivity contribution < 1.29 is 0 Å². The highest BCUT2D eigenvalue weighted by molar-refractivity contribution is 7.99. The zero-order valence-electron chi connectivity index (χ0n) is 11.5. The molecule has 0 N–H and O–H groups in total. The molecule has 0 aliphatic carbocycles. The van der Waals surface area contributed by atoms with Crippen molar-refractivity contribution in [2.24, 2.45) is 0 Å². The molecule has 0 amide bonds. The molecule has 0 unspecified atom stereocenters. The van der Waals surface area contributed by atoms with E-state index in [9.17, 15) is 0 Å². The van der Waals surface area contributed by atoms with Crippen molar-refractivity contribution in [3.63, 3.8) is 0 Å². The molecule has 1 aromatic heterocycles. The van der Waals surface area contributed by atoms with Gasteiger partial charge in [-0.25, -0.2) is 4.98 Å². The number of thioether (sulfide) groups is 1. The first-order chi connectivity index (χ1) is 8.30. The molecule has 0 saturated heterocycles. The molecule has 0 saturated carbocycles. The first-order valence-corrected chi connectivity index (χ1v) is 7.91. The third kappa shape index (κ3) is 5.58. The molecule has 0 radical (unpaired) electrons. The average molecular weight is 251 g/mol. The van der Waals surface area contributed by atoms with Crippen LogP contribution in [0.3, 0.4) is 0 Å². The van der Waals surface area contributed by atoms with E-state index < -0.39 is 0 Å². The smallest absolute Gasteiger partial charge is 0.0965 e. The summed E-state index contributed by atoms with van der Waals surface area (Å²) >= 11 is 1.86. The fourth-order valence-electron chi connectivity index (χ4n) is 1.85. The first-order valence-electron chi connectivity index (χ1n) is 6.92. The minimum atomic E-state index is 1.11. The first kappa shape index (κ1) is 14.6. The number of nitrogens with zero attached hydrogens (tertiary/aromatic N) is 1. The second kappa shape index (κ2) is 8.57. The Morgan fingerprint density at radius 2 is 1.71 bits per heavy atom. The highest BCUT2D eigenvalue weighted by Crippen LogP contribution is 2.19. The van der Waals surface area contributed by atoms with E-state index in [1.54, 1.807) is 0 Å². The van der Waals surface area contributed by atoms with E-state index in [2.05, 4.69) is 32.9 Å². The number of aromatic nitrogens is 1. The van der Waals surface area contributed by atoms with Gasteiger partial charge in [-0.3, -0.25) is 0 Å². The van der Waals surface area contributed by atoms with Gasteiger partial charge in [-0.15, -0.1) is 11.8 Å². The summed E-state index contributed by atoms with van der Waals surface area (Å²) in [4.78, 5) is 4.73. The maximum atomic E-state index is 4.73. The van der Waals surface area contributed by atoms with Crippen molar-refractivity contribution in [1.82, 2.24) is 4.98 Å². The Bertz CT molecular complexity index is 296. The Labute approximate surface area is 110 Å². The summed E-state index contributed by atoms with van der Waals surface area (Å²) in [5.41, 5.74) is 2.76. The zero-order valence-corrected chi connectivity index (χ0v) is 12.3. The fraction of sp³-hybridized carbons (Fsp3) is 0.667. The standard InChI is InChI=1S/C15H25NS/c1-4-7-9-13-11-14(10-8-5-2)16-15(12-13)17-6-3/h11-12H,4-10H2,1-3H3. The van der Waals surface area contributed by atoms with Gasteiger partial charge in [-0.1, -0.05) is 33.6 Å². The van der Waals surface area contributed by atoms with Crippen LogP contribution >= 0.6 is 11.8 Å². The topological polar surface area (TPSA) is 12.9 Å². The molecule has 0 bridgehead atoms. The van der Waals surface area contributed by atoms with Crippen LogP contribution in [0.1, 0.15) is 57.7 Å². The molecule has 0 fully saturated rings. The summed E-state index contributed by atoms with van der Waals surface area (Å²) in [5.74, 6) is 1.11. The van der Waals surface area contributed by atoms with Crippen molar-refractivity contribution in [3.8, 4) is 0 Å². The van der Waals surface area contributed by atoms with Crippen LogP contribution in [0.2, 0.25) is 0 Å². The lowest BCUT2D eigenvalue weighted by molar-refractivity contribution is 0.754. The minimum absolute atomic E-state index is 1.11. The van der Waals surface area contributed by atoms with Crippen molar-refractivity contribution in [3.05, 3.63) is 23.4 Å². The maximum absolute atomic E-state index is 4.73. The molecular formula is C15H25NS. The van der Waals surface area contributed by atoms with E-state index in [1.165, 1.54) is 48.4 Å². The van der Waals surface area contributed by atoms with Gasteiger partial charge in [0, 0.05) is 5.69 Å². The molecule has 1 nitrogen and oxygen atoms in total. The van der Waals surface area contributed by atoms with Crippen molar-refractivity contribution >= 4 is 11.8 Å². The maximum Gasteiger partial charge on any atom is 0.0965 e. The van der Waals surface area contributed by atoms with Crippen LogP contribution in [-0.4, -0.2) is 10.7 Å². The molecule has 2 heteroatoms. The molecule has 0 aliphatic rings. The summed E-state index contributed by atoms with van der Waals surface area (Å²) in [6, 6.07) is 4.59. The SMILES string of the molecule is CCCCc1cc(CCCC)nc(SCC)c1. The second-order valence-electron chi connectivity index (χ2n) is 4.45. The van der Waals surface area contributed by atoms with Crippen LogP contribution < -0.4 is 0 Å². The van der Waals surface area contributed by atoms with Crippen LogP contribution in [0.4, 0.5) is 0 Å². The van der Waals surface area contributed by atoms with Gasteiger partial charge in [0.05, 0.1) is 5.03 Å². The molecular weight excluding hydrogens is 226 g/mol. The van der Waals surface area contributed by atoms with Crippen molar-refractivity contribution in [2.45, 2.75) is 64.3 Å². The highest BCUT2D eigenvalue weighted by atomic mass is 32.2. The highest BCUT2D eigenvalue weighted by Gasteiger charge is 2.03. The molecule has 1 heterocycles. The van der Waals surface area contributed by atoms with E-state index >= 15 is 0 Å². The third-order valence-electron chi connectivity index (χ3n) is 2.81. The number of hydrogen-bond acceptors (Lipinski definition) is 2. The monoisotopic (exact) mass is 251 g/mol. The Balaban J connectivity index is 2.76. The molecule has 0 aromatic carbocycles. The average Bonchev–Trinajstić information content (AvgIpc) is 2.34. The van der Waals surface area contributed by atoms with Crippen LogP contribution in [0.15, 0.2) is 17.2 Å². The molecule has 17 heavy (non-hydrogen) atoms. The summed E-state index contributed by atoms with van der Waals surface area (Å²) in [6.07, 6.45) is 7.39. The number of rotatable bonds is 8. The zero-order chi connectivity index (χ0) is 12.5. The predicted molar refractivity (Wildman–Crippen MR) is 77.9 cm³/mol. The molecule has 1 rings (SSSR count). The summed E-state index contributed by atoms with van der Waals surface area (Å²) in [6.45, 7) is 6.68. The molecule has 96 valence electrons. The number of aryl methyl sites for hydroxylation is 2. The second-order valence-corrected chi connectivity index (χ2v) is 5.73. The lowest BCUT2D eigenvalue weighted by Crippen LogP contribution is -1.96. The van der Waals surface area contributed by atoms with Gasteiger partial charge in [-0.05, 0) is 49.1 Å². The molecule has 0 aliphatic heterocycles.